The second-order valence-electron chi connectivity index (χ2n) is 3.90. The van der Waals surface area contributed by atoms with Gasteiger partial charge in [0.2, 0.25) is 0 Å². The topological polar surface area (TPSA) is 43.8 Å². The average molecular weight is 240 g/mol. The molecule has 0 saturated carbocycles. The molecule has 3 nitrogen and oxygen atoms in total. The number of hydrogen-bond donors (Lipinski definition) is 1. The first kappa shape index (κ1) is 13.0. The zero-order chi connectivity index (χ0) is 10.8. The maximum atomic E-state index is 5.93. The number of rotatable bonds is 3. The fourth-order valence-corrected chi connectivity index (χ4v) is 1.90. The number of fused-ring (bicyclic) bond motifs is 1. The van der Waals surface area contributed by atoms with Gasteiger partial charge in [0.05, 0.1) is 17.1 Å². The summed E-state index contributed by atoms with van der Waals surface area (Å²) in [6.07, 6.45) is 1.10. The summed E-state index contributed by atoms with van der Waals surface area (Å²) in [7, 11) is 0. The third kappa shape index (κ3) is 2.20. The summed E-state index contributed by atoms with van der Waals surface area (Å²) < 4.78 is 2.22. The third-order valence-electron chi connectivity index (χ3n) is 2.54. The van der Waals surface area contributed by atoms with Crippen molar-refractivity contribution in [3.8, 4) is 0 Å². The number of benzene rings is 1. The van der Waals surface area contributed by atoms with Gasteiger partial charge >= 0.3 is 0 Å². The molecular weight excluding hydrogens is 222 g/mol. The van der Waals surface area contributed by atoms with Crippen molar-refractivity contribution in [2.45, 2.75) is 32.9 Å². The number of nitrogens with two attached hydrogens (primary N) is 1. The molecule has 88 valence electrons. The molecule has 4 heteroatoms. The largest absolute Gasteiger partial charge is 0.327 e. The number of nitrogens with zero attached hydrogens (tertiary/aromatic N) is 2. The Morgan fingerprint density at radius 3 is 2.69 bits per heavy atom. The van der Waals surface area contributed by atoms with Crippen LogP contribution in [0.25, 0.3) is 11.0 Å². The SMILES string of the molecule is CCCn1c(C(C)N)nc2ccccc21.Cl. The van der Waals surface area contributed by atoms with Crippen LogP contribution in [0.1, 0.15) is 32.1 Å². The zero-order valence-electron chi connectivity index (χ0n) is 9.68. The van der Waals surface area contributed by atoms with Gasteiger partial charge in [0, 0.05) is 6.54 Å². The lowest BCUT2D eigenvalue weighted by atomic mass is 10.3. The van der Waals surface area contributed by atoms with Crippen molar-refractivity contribution in [3.63, 3.8) is 0 Å². The molecular formula is C12H18ClN3. The van der Waals surface area contributed by atoms with E-state index in [4.69, 9.17) is 5.73 Å². The Morgan fingerprint density at radius 1 is 1.38 bits per heavy atom. The van der Waals surface area contributed by atoms with Gasteiger partial charge in [-0.15, -0.1) is 12.4 Å². The number of aryl methyl sites for hydroxylation is 1. The minimum absolute atomic E-state index is 0. The van der Waals surface area contributed by atoms with Crippen LogP contribution in [0.3, 0.4) is 0 Å². The highest BCUT2D eigenvalue weighted by Gasteiger charge is 2.12. The van der Waals surface area contributed by atoms with E-state index in [9.17, 15) is 0 Å². The van der Waals surface area contributed by atoms with Crippen LogP contribution in [0.5, 0.6) is 0 Å². The highest BCUT2D eigenvalue weighted by atomic mass is 35.5. The summed E-state index contributed by atoms with van der Waals surface area (Å²) in [4.78, 5) is 4.57. The average Bonchev–Trinajstić information content (AvgIpc) is 2.58. The second kappa shape index (κ2) is 5.32. The molecule has 1 heterocycles. The molecule has 0 bridgehead atoms. The van der Waals surface area contributed by atoms with E-state index in [1.807, 2.05) is 25.1 Å². The van der Waals surface area contributed by atoms with Crippen molar-refractivity contribution < 1.29 is 0 Å². The van der Waals surface area contributed by atoms with Crippen molar-refractivity contribution in [3.05, 3.63) is 30.1 Å². The molecule has 16 heavy (non-hydrogen) atoms. The summed E-state index contributed by atoms with van der Waals surface area (Å²) >= 11 is 0. The molecule has 2 rings (SSSR count). The zero-order valence-corrected chi connectivity index (χ0v) is 10.5. The molecule has 1 aromatic heterocycles. The molecule has 2 N–H and O–H groups in total. The first-order chi connectivity index (χ1) is 7.24. The molecule has 0 aliphatic carbocycles. The van der Waals surface area contributed by atoms with E-state index in [0.717, 1.165) is 24.3 Å². The van der Waals surface area contributed by atoms with E-state index in [1.165, 1.54) is 5.52 Å². The normalized spacial score (nSPS) is 12.4. The lowest BCUT2D eigenvalue weighted by molar-refractivity contribution is 0.613. The minimum atomic E-state index is -0.0102. The number of halogens is 1. The van der Waals surface area contributed by atoms with Gasteiger partial charge in [-0.05, 0) is 25.5 Å². The van der Waals surface area contributed by atoms with Crippen molar-refractivity contribution in [2.24, 2.45) is 5.73 Å². The molecule has 0 spiro atoms. The number of hydrogen-bond acceptors (Lipinski definition) is 2. The van der Waals surface area contributed by atoms with E-state index < -0.39 is 0 Å². The fraction of sp³-hybridized carbons (Fsp3) is 0.417. The Labute approximate surface area is 102 Å². The van der Waals surface area contributed by atoms with Crippen LogP contribution in [-0.4, -0.2) is 9.55 Å². The van der Waals surface area contributed by atoms with E-state index in [-0.39, 0.29) is 18.4 Å². The Kier molecular flexibility index (Phi) is 4.33. The van der Waals surface area contributed by atoms with E-state index >= 15 is 0 Å². The van der Waals surface area contributed by atoms with Crippen molar-refractivity contribution >= 4 is 23.4 Å². The lowest BCUT2D eigenvalue weighted by Crippen LogP contribution is -2.13. The molecule has 0 radical (unpaired) electrons. The molecule has 0 aliphatic heterocycles. The quantitative estimate of drug-likeness (QED) is 0.895. The molecule has 0 saturated heterocycles. The molecule has 1 unspecified atom stereocenters. The van der Waals surface area contributed by atoms with Crippen LogP contribution in [0, 0.1) is 0 Å². The summed E-state index contributed by atoms with van der Waals surface area (Å²) in [5, 5.41) is 0. The van der Waals surface area contributed by atoms with Crippen molar-refractivity contribution in [1.29, 1.82) is 0 Å². The van der Waals surface area contributed by atoms with Gasteiger partial charge in [0.15, 0.2) is 0 Å². The second-order valence-corrected chi connectivity index (χ2v) is 3.90. The summed E-state index contributed by atoms with van der Waals surface area (Å²) in [6, 6.07) is 8.18. The smallest absolute Gasteiger partial charge is 0.126 e. The van der Waals surface area contributed by atoms with Crippen LogP contribution in [0.4, 0.5) is 0 Å². The van der Waals surface area contributed by atoms with Crippen molar-refractivity contribution in [1.82, 2.24) is 9.55 Å². The van der Waals surface area contributed by atoms with Gasteiger partial charge in [-0.1, -0.05) is 19.1 Å². The Morgan fingerprint density at radius 2 is 2.06 bits per heavy atom. The molecule has 0 fully saturated rings. The minimum Gasteiger partial charge on any atom is -0.327 e. The predicted molar refractivity (Wildman–Crippen MR) is 69.9 cm³/mol. The third-order valence-corrected chi connectivity index (χ3v) is 2.54. The number of aromatic nitrogens is 2. The van der Waals surface area contributed by atoms with Gasteiger partial charge < -0.3 is 10.3 Å². The molecule has 0 aliphatic rings. The van der Waals surface area contributed by atoms with Crippen molar-refractivity contribution in [2.75, 3.05) is 0 Å². The van der Waals surface area contributed by atoms with Gasteiger partial charge in [-0.2, -0.15) is 0 Å². The van der Waals surface area contributed by atoms with Gasteiger partial charge in [0.1, 0.15) is 5.82 Å². The lowest BCUT2D eigenvalue weighted by Gasteiger charge is -2.09. The van der Waals surface area contributed by atoms with E-state index in [1.54, 1.807) is 0 Å². The summed E-state index contributed by atoms with van der Waals surface area (Å²) in [6.45, 7) is 5.13. The van der Waals surface area contributed by atoms with Gasteiger partial charge in [0.25, 0.3) is 0 Å². The van der Waals surface area contributed by atoms with Crippen LogP contribution in [0.15, 0.2) is 24.3 Å². The Bertz CT molecular complexity index is 462. The van der Waals surface area contributed by atoms with Gasteiger partial charge in [-0.3, -0.25) is 0 Å². The standard InChI is InChI=1S/C12H17N3.ClH/c1-3-8-15-11-7-5-4-6-10(11)14-12(15)9(2)13;/h4-7,9H,3,8,13H2,1-2H3;1H. The van der Waals surface area contributed by atoms with Crippen LogP contribution in [0.2, 0.25) is 0 Å². The molecule has 0 amide bonds. The summed E-state index contributed by atoms with van der Waals surface area (Å²) in [5.41, 5.74) is 8.15. The molecule has 1 aromatic carbocycles. The Hall–Kier alpha value is -1.06. The molecule has 2 aromatic rings. The Balaban J connectivity index is 0.00000128. The number of imidazole rings is 1. The maximum absolute atomic E-state index is 5.93. The van der Waals surface area contributed by atoms with Crippen LogP contribution < -0.4 is 5.73 Å². The van der Waals surface area contributed by atoms with E-state index in [2.05, 4.69) is 22.5 Å². The summed E-state index contributed by atoms with van der Waals surface area (Å²) in [5.74, 6) is 0.984. The maximum Gasteiger partial charge on any atom is 0.126 e. The predicted octanol–water partition coefficient (Wildman–Crippen LogP) is 2.89. The fourth-order valence-electron chi connectivity index (χ4n) is 1.90. The highest BCUT2D eigenvalue weighted by Crippen LogP contribution is 2.19. The monoisotopic (exact) mass is 239 g/mol. The molecule has 1 atom stereocenters. The van der Waals surface area contributed by atoms with E-state index in [0.29, 0.717) is 0 Å². The highest BCUT2D eigenvalue weighted by molar-refractivity contribution is 5.85. The van der Waals surface area contributed by atoms with Crippen LogP contribution in [-0.2, 0) is 6.54 Å². The first-order valence-electron chi connectivity index (χ1n) is 5.44. The van der Waals surface area contributed by atoms with Gasteiger partial charge in [-0.25, -0.2) is 4.98 Å². The number of para-hydroxylation sites is 2. The first-order valence-corrected chi connectivity index (χ1v) is 5.44. The van der Waals surface area contributed by atoms with Crippen LogP contribution >= 0.6 is 12.4 Å².